The van der Waals surface area contributed by atoms with Crippen LogP contribution in [0.1, 0.15) is 11.1 Å². The summed E-state index contributed by atoms with van der Waals surface area (Å²) in [7, 11) is 0. The van der Waals surface area contributed by atoms with E-state index in [1.54, 1.807) is 12.1 Å². The molecule has 2 aromatic carbocycles. The maximum absolute atomic E-state index is 10.7. The van der Waals surface area contributed by atoms with Crippen molar-refractivity contribution in [1.29, 1.82) is 0 Å². The van der Waals surface area contributed by atoms with Gasteiger partial charge in [0.1, 0.15) is 0 Å². The summed E-state index contributed by atoms with van der Waals surface area (Å²) in [4.78, 5) is 33.4. The van der Waals surface area contributed by atoms with E-state index in [0.717, 1.165) is 49.3 Å². The Balaban J connectivity index is 0.000000469. The Morgan fingerprint density at radius 2 is 1.20 bits per heavy atom. The fourth-order valence-corrected chi connectivity index (χ4v) is 3.20. The van der Waals surface area contributed by atoms with E-state index in [9.17, 15) is 10.1 Å². The number of carboxylic acid groups (broad SMARTS) is 2. The molecular formula is C20H22BrN3O6. The molecule has 9 nitrogen and oxygen atoms in total. The van der Waals surface area contributed by atoms with Gasteiger partial charge in [-0.2, -0.15) is 0 Å². The van der Waals surface area contributed by atoms with Crippen molar-refractivity contribution in [3.8, 4) is 0 Å². The summed E-state index contributed by atoms with van der Waals surface area (Å²) in [6.45, 7) is 5.97. The molecule has 0 saturated carbocycles. The summed E-state index contributed by atoms with van der Waals surface area (Å²) < 4.78 is 1.11. The highest BCUT2D eigenvalue weighted by Crippen LogP contribution is 2.16. The largest absolute Gasteiger partial charge is 0.473 e. The fraction of sp³-hybridized carbons (Fsp3) is 0.300. The lowest BCUT2D eigenvalue weighted by molar-refractivity contribution is -0.384. The topological polar surface area (TPSA) is 124 Å². The van der Waals surface area contributed by atoms with Crippen molar-refractivity contribution in [3.05, 3.63) is 74.2 Å². The first-order valence-corrected chi connectivity index (χ1v) is 9.92. The summed E-state index contributed by atoms with van der Waals surface area (Å²) in [5.41, 5.74) is 2.61. The van der Waals surface area contributed by atoms with Gasteiger partial charge in [0.25, 0.3) is 5.69 Å². The smallest absolute Gasteiger partial charge is 0.414 e. The summed E-state index contributed by atoms with van der Waals surface area (Å²) in [6.07, 6.45) is 0. The second-order valence-corrected chi connectivity index (χ2v) is 7.63. The van der Waals surface area contributed by atoms with Gasteiger partial charge in [-0.05, 0) is 23.3 Å². The molecule has 0 amide bonds. The molecule has 1 aliphatic heterocycles. The Morgan fingerprint density at radius 3 is 1.53 bits per heavy atom. The second kappa shape index (κ2) is 11.4. The Bertz CT molecular complexity index is 853. The SMILES string of the molecule is O=C(O)C(=O)O.O=[N+]([O-])c1ccc(CN2CCN(Cc3ccc(Br)cc3)CC2)cc1. The molecular weight excluding hydrogens is 458 g/mol. The predicted molar refractivity (Wildman–Crippen MR) is 113 cm³/mol. The number of nitrogens with zero attached hydrogens (tertiary/aromatic N) is 3. The number of aliphatic carboxylic acids is 2. The molecule has 1 saturated heterocycles. The third kappa shape index (κ3) is 7.90. The summed E-state index contributed by atoms with van der Waals surface area (Å²) in [5, 5.41) is 25.5. The second-order valence-electron chi connectivity index (χ2n) is 6.71. The van der Waals surface area contributed by atoms with Crippen LogP contribution in [0.5, 0.6) is 0 Å². The normalized spacial score (nSPS) is 14.4. The van der Waals surface area contributed by atoms with E-state index in [0.29, 0.717) is 0 Å². The highest BCUT2D eigenvalue weighted by atomic mass is 79.9. The van der Waals surface area contributed by atoms with Crippen molar-refractivity contribution in [2.75, 3.05) is 26.2 Å². The van der Waals surface area contributed by atoms with Gasteiger partial charge in [-0.25, -0.2) is 9.59 Å². The molecule has 0 aliphatic carbocycles. The van der Waals surface area contributed by atoms with Crippen molar-refractivity contribution in [2.24, 2.45) is 0 Å². The van der Waals surface area contributed by atoms with E-state index in [-0.39, 0.29) is 10.6 Å². The minimum atomic E-state index is -1.82. The molecule has 10 heteroatoms. The Morgan fingerprint density at radius 1 is 0.833 bits per heavy atom. The van der Waals surface area contributed by atoms with Crippen molar-refractivity contribution in [1.82, 2.24) is 9.80 Å². The first-order valence-electron chi connectivity index (χ1n) is 9.13. The molecule has 0 atom stereocenters. The van der Waals surface area contributed by atoms with Gasteiger partial charge in [0, 0.05) is 55.9 Å². The quantitative estimate of drug-likeness (QED) is 0.381. The molecule has 1 aliphatic rings. The number of rotatable bonds is 5. The predicted octanol–water partition coefficient (Wildman–Crippen LogP) is 2.83. The molecule has 0 aromatic heterocycles. The Kier molecular flexibility index (Phi) is 8.90. The zero-order valence-corrected chi connectivity index (χ0v) is 17.7. The lowest BCUT2D eigenvalue weighted by Gasteiger charge is -2.34. The van der Waals surface area contributed by atoms with E-state index in [2.05, 4.69) is 50.0 Å². The van der Waals surface area contributed by atoms with Crippen LogP contribution in [0.2, 0.25) is 0 Å². The van der Waals surface area contributed by atoms with E-state index >= 15 is 0 Å². The zero-order valence-electron chi connectivity index (χ0n) is 16.1. The number of nitro groups is 1. The van der Waals surface area contributed by atoms with Crippen LogP contribution in [-0.4, -0.2) is 63.1 Å². The molecule has 3 rings (SSSR count). The number of hydrogen-bond donors (Lipinski definition) is 2. The lowest BCUT2D eigenvalue weighted by Crippen LogP contribution is -2.45. The van der Waals surface area contributed by atoms with Gasteiger partial charge in [0.2, 0.25) is 0 Å². The van der Waals surface area contributed by atoms with Gasteiger partial charge in [-0.3, -0.25) is 19.9 Å². The van der Waals surface area contributed by atoms with Crippen LogP contribution in [0.15, 0.2) is 53.0 Å². The molecule has 2 N–H and O–H groups in total. The number of benzene rings is 2. The van der Waals surface area contributed by atoms with Crippen LogP contribution in [0.4, 0.5) is 5.69 Å². The number of non-ortho nitro benzene ring substituents is 1. The highest BCUT2D eigenvalue weighted by molar-refractivity contribution is 9.10. The number of carboxylic acids is 2. The van der Waals surface area contributed by atoms with Gasteiger partial charge in [-0.15, -0.1) is 0 Å². The molecule has 160 valence electrons. The van der Waals surface area contributed by atoms with Crippen LogP contribution < -0.4 is 0 Å². The molecule has 0 bridgehead atoms. The van der Waals surface area contributed by atoms with Crippen molar-refractivity contribution < 1.29 is 24.7 Å². The van der Waals surface area contributed by atoms with Crippen LogP contribution in [0, 0.1) is 10.1 Å². The molecule has 1 heterocycles. The number of carbonyl (C=O) groups is 2. The first-order chi connectivity index (χ1) is 14.2. The number of hydrogen-bond acceptors (Lipinski definition) is 6. The number of piperazine rings is 1. The average molecular weight is 480 g/mol. The average Bonchev–Trinajstić information content (AvgIpc) is 2.72. The van der Waals surface area contributed by atoms with E-state index in [4.69, 9.17) is 19.8 Å². The van der Waals surface area contributed by atoms with Gasteiger partial charge in [0.05, 0.1) is 4.92 Å². The van der Waals surface area contributed by atoms with Gasteiger partial charge in [-0.1, -0.05) is 40.2 Å². The van der Waals surface area contributed by atoms with Crippen molar-refractivity contribution >= 4 is 33.6 Å². The number of halogens is 1. The lowest BCUT2D eigenvalue weighted by atomic mass is 10.1. The third-order valence-corrected chi connectivity index (χ3v) is 5.05. The van der Waals surface area contributed by atoms with Gasteiger partial charge >= 0.3 is 11.9 Å². The van der Waals surface area contributed by atoms with E-state index < -0.39 is 11.9 Å². The Labute approximate surface area is 181 Å². The standard InChI is InChI=1S/C18H20BrN3O2.C2H2O4/c19-17-5-1-15(2-6-17)13-20-9-11-21(12-10-20)14-16-3-7-18(8-4-16)22(23)24;3-1(4)2(5)6/h1-8H,9-14H2;(H,3,4)(H,5,6). The first kappa shape index (κ1) is 23.5. The van der Waals surface area contributed by atoms with Crippen LogP contribution in [-0.2, 0) is 22.7 Å². The van der Waals surface area contributed by atoms with Crippen molar-refractivity contribution in [3.63, 3.8) is 0 Å². The fourth-order valence-electron chi connectivity index (χ4n) is 2.93. The van der Waals surface area contributed by atoms with E-state index in [1.807, 2.05) is 12.1 Å². The van der Waals surface area contributed by atoms with Crippen LogP contribution in [0.25, 0.3) is 0 Å². The highest BCUT2D eigenvalue weighted by Gasteiger charge is 2.17. The molecule has 0 spiro atoms. The maximum atomic E-state index is 10.7. The zero-order chi connectivity index (χ0) is 22.1. The maximum Gasteiger partial charge on any atom is 0.414 e. The van der Waals surface area contributed by atoms with Crippen molar-refractivity contribution in [2.45, 2.75) is 13.1 Å². The molecule has 1 fully saturated rings. The van der Waals surface area contributed by atoms with E-state index in [1.165, 1.54) is 5.56 Å². The number of nitro benzene ring substituents is 1. The van der Waals surface area contributed by atoms with Crippen LogP contribution >= 0.6 is 15.9 Å². The summed E-state index contributed by atoms with van der Waals surface area (Å²) in [6, 6.07) is 15.4. The minimum Gasteiger partial charge on any atom is -0.473 e. The van der Waals surface area contributed by atoms with Gasteiger partial charge in [0.15, 0.2) is 0 Å². The molecule has 2 aromatic rings. The summed E-state index contributed by atoms with van der Waals surface area (Å²) in [5.74, 6) is -3.65. The summed E-state index contributed by atoms with van der Waals surface area (Å²) >= 11 is 3.46. The monoisotopic (exact) mass is 479 g/mol. The van der Waals surface area contributed by atoms with Crippen LogP contribution in [0.3, 0.4) is 0 Å². The minimum absolute atomic E-state index is 0.151. The molecule has 0 radical (unpaired) electrons. The van der Waals surface area contributed by atoms with Gasteiger partial charge < -0.3 is 10.2 Å². The molecule has 0 unspecified atom stereocenters. The Hall–Kier alpha value is -2.82. The molecule has 30 heavy (non-hydrogen) atoms. The third-order valence-electron chi connectivity index (χ3n) is 4.52.